The largest absolute Gasteiger partial charge is 0.384 e. The van der Waals surface area contributed by atoms with Crippen LogP contribution in [-0.4, -0.2) is 24.9 Å². The Morgan fingerprint density at radius 3 is 2.89 bits per heavy atom. The summed E-state index contributed by atoms with van der Waals surface area (Å²) in [5.74, 6) is 0. The van der Waals surface area contributed by atoms with Gasteiger partial charge in [-0.3, -0.25) is 0 Å². The van der Waals surface area contributed by atoms with E-state index in [-0.39, 0.29) is 5.41 Å². The van der Waals surface area contributed by atoms with Crippen LogP contribution < -0.4 is 5.73 Å². The highest BCUT2D eigenvalue weighted by Crippen LogP contribution is 2.52. The summed E-state index contributed by atoms with van der Waals surface area (Å²) in [5, 5.41) is 11.3. The van der Waals surface area contributed by atoms with Crippen LogP contribution in [0.1, 0.15) is 29.5 Å². The molecule has 0 saturated carbocycles. The highest BCUT2D eigenvalue weighted by Gasteiger charge is 2.55. The summed E-state index contributed by atoms with van der Waals surface area (Å²) >= 11 is 0. The molecule has 0 radical (unpaired) electrons. The van der Waals surface area contributed by atoms with Crippen LogP contribution in [0.15, 0.2) is 18.2 Å². The van der Waals surface area contributed by atoms with E-state index in [1.807, 2.05) is 0 Å². The van der Waals surface area contributed by atoms with E-state index in [0.717, 1.165) is 24.8 Å². The number of nitrogens with two attached hydrogens (primary N) is 1. The molecule has 0 bridgehead atoms. The summed E-state index contributed by atoms with van der Waals surface area (Å²) in [6, 6.07) is 6.38. The third-order valence-corrected chi connectivity index (χ3v) is 4.84. The van der Waals surface area contributed by atoms with E-state index in [9.17, 15) is 5.11 Å². The Morgan fingerprint density at radius 1 is 1.39 bits per heavy atom. The van der Waals surface area contributed by atoms with Gasteiger partial charge in [0.25, 0.3) is 0 Å². The number of rotatable bonds is 2. The predicted molar refractivity (Wildman–Crippen MR) is 70.3 cm³/mol. The van der Waals surface area contributed by atoms with Gasteiger partial charge in [0.1, 0.15) is 0 Å². The van der Waals surface area contributed by atoms with Crippen molar-refractivity contribution in [2.75, 3.05) is 19.8 Å². The lowest BCUT2D eigenvalue weighted by Gasteiger charge is -2.41. The molecule has 0 aromatic heterocycles. The van der Waals surface area contributed by atoms with Crippen molar-refractivity contribution in [1.82, 2.24) is 0 Å². The SMILES string of the molecule is Cc1ccc2c(c1)C(O)(C1(CN)CCOC1)CC2. The van der Waals surface area contributed by atoms with Crippen LogP contribution in [-0.2, 0) is 16.8 Å². The van der Waals surface area contributed by atoms with Gasteiger partial charge in [0.05, 0.1) is 12.2 Å². The second kappa shape index (κ2) is 4.05. The molecule has 1 saturated heterocycles. The zero-order chi connectivity index (χ0) is 12.8. The molecule has 1 fully saturated rings. The number of hydrogen-bond acceptors (Lipinski definition) is 3. The van der Waals surface area contributed by atoms with Gasteiger partial charge in [-0.2, -0.15) is 0 Å². The molecule has 3 nitrogen and oxygen atoms in total. The molecule has 1 heterocycles. The van der Waals surface area contributed by atoms with Gasteiger partial charge >= 0.3 is 0 Å². The molecular formula is C15H21NO2. The monoisotopic (exact) mass is 247 g/mol. The van der Waals surface area contributed by atoms with Crippen LogP contribution >= 0.6 is 0 Å². The minimum atomic E-state index is -0.806. The van der Waals surface area contributed by atoms with E-state index in [1.165, 1.54) is 11.1 Å². The molecule has 2 aliphatic rings. The van der Waals surface area contributed by atoms with Crippen molar-refractivity contribution in [3.63, 3.8) is 0 Å². The fourth-order valence-electron chi connectivity index (χ4n) is 3.56. The topological polar surface area (TPSA) is 55.5 Å². The second-order valence-corrected chi connectivity index (χ2v) is 5.81. The molecule has 0 amide bonds. The van der Waals surface area contributed by atoms with Gasteiger partial charge in [0.15, 0.2) is 0 Å². The Labute approximate surface area is 108 Å². The van der Waals surface area contributed by atoms with Crippen LogP contribution in [0.4, 0.5) is 0 Å². The highest BCUT2D eigenvalue weighted by atomic mass is 16.5. The second-order valence-electron chi connectivity index (χ2n) is 5.81. The van der Waals surface area contributed by atoms with Crippen molar-refractivity contribution in [2.24, 2.45) is 11.1 Å². The lowest BCUT2D eigenvalue weighted by molar-refractivity contribution is -0.0881. The van der Waals surface area contributed by atoms with E-state index >= 15 is 0 Å². The van der Waals surface area contributed by atoms with Crippen LogP contribution in [0.2, 0.25) is 0 Å². The van der Waals surface area contributed by atoms with Crippen LogP contribution in [0.5, 0.6) is 0 Å². The Morgan fingerprint density at radius 2 is 2.22 bits per heavy atom. The van der Waals surface area contributed by atoms with E-state index in [4.69, 9.17) is 10.5 Å². The summed E-state index contributed by atoms with van der Waals surface area (Å²) in [7, 11) is 0. The summed E-state index contributed by atoms with van der Waals surface area (Å²) in [5.41, 5.74) is 8.43. The van der Waals surface area contributed by atoms with Gasteiger partial charge in [0.2, 0.25) is 0 Å². The van der Waals surface area contributed by atoms with E-state index < -0.39 is 5.60 Å². The predicted octanol–water partition coefficient (Wildman–Crippen LogP) is 1.49. The Hall–Kier alpha value is -0.900. The quantitative estimate of drug-likeness (QED) is 0.832. The lowest BCUT2D eigenvalue weighted by atomic mass is 9.68. The van der Waals surface area contributed by atoms with Crippen molar-refractivity contribution in [2.45, 2.75) is 31.8 Å². The van der Waals surface area contributed by atoms with Gasteiger partial charge in [-0.1, -0.05) is 23.8 Å². The minimum absolute atomic E-state index is 0.300. The first-order chi connectivity index (χ1) is 8.61. The zero-order valence-electron chi connectivity index (χ0n) is 10.9. The maximum Gasteiger partial charge on any atom is 0.0993 e. The molecular weight excluding hydrogens is 226 g/mol. The molecule has 2 atom stereocenters. The van der Waals surface area contributed by atoms with Gasteiger partial charge in [0, 0.05) is 18.6 Å². The van der Waals surface area contributed by atoms with Crippen LogP contribution in [0, 0.1) is 12.3 Å². The first-order valence-corrected chi connectivity index (χ1v) is 6.72. The van der Waals surface area contributed by atoms with Crippen molar-refractivity contribution < 1.29 is 9.84 Å². The fraction of sp³-hybridized carbons (Fsp3) is 0.600. The Balaban J connectivity index is 2.10. The van der Waals surface area contributed by atoms with E-state index in [0.29, 0.717) is 19.8 Å². The smallest absolute Gasteiger partial charge is 0.0993 e. The maximum atomic E-state index is 11.3. The van der Waals surface area contributed by atoms with Crippen molar-refractivity contribution >= 4 is 0 Å². The highest BCUT2D eigenvalue weighted by molar-refractivity contribution is 5.42. The fourth-order valence-corrected chi connectivity index (χ4v) is 3.56. The average molecular weight is 247 g/mol. The summed E-state index contributed by atoms with van der Waals surface area (Å²) in [6.45, 7) is 3.84. The summed E-state index contributed by atoms with van der Waals surface area (Å²) in [4.78, 5) is 0. The molecule has 3 rings (SSSR count). The van der Waals surface area contributed by atoms with E-state index in [2.05, 4.69) is 25.1 Å². The Bertz CT molecular complexity index is 466. The number of ether oxygens (including phenoxy) is 1. The van der Waals surface area contributed by atoms with Crippen LogP contribution in [0.25, 0.3) is 0 Å². The third kappa shape index (κ3) is 1.48. The van der Waals surface area contributed by atoms with Crippen molar-refractivity contribution in [3.8, 4) is 0 Å². The lowest BCUT2D eigenvalue weighted by Crippen LogP contribution is -2.49. The number of hydrogen-bond donors (Lipinski definition) is 2. The average Bonchev–Trinajstić information content (AvgIpc) is 2.97. The van der Waals surface area contributed by atoms with Crippen LogP contribution in [0.3, 0.4) is 0 Å². The first-order valence-electron chi connectivity index (χ1n) is 6.72. The van der Waals surface area contributed by atoms with E-state index in [1.54, 1.807) is 0 Å². The molecule has 1 aromatic rings. The number of fused-ring (bicyclic) bond motifs is 1. The summed E-state index contributed by atoms with van der Waals surface area (Å²) in [6.07, 6.45) is 2.56. The standard InChI is InChI=1S/C15H21NO2/c1-11-2-3-12-4-5-15(17,13(12)8-11)14(9-16)6-7-18-10-14/h2-3,8,17H,4-7,9-10,16H2,1H3. The Kier molecular flexibility index (Phi) is 2.73. The van der Waals surface area contributed by atoms with Gasteiger partial charge in [-0.15, -0.1) is 0 Å². The number of aliphatic hydroxyl groups is 1. The minimum Gasteiger partial charge on any atom is -0.384 e. The molecule has 3 N–H and O–H groups in total. The molecule has 0 spiro atoms. The van der Waals surface area contributed by atoms with Crippen molar-refractivity contribution in [1.29, 1.82) is 0 Å². The number of aryl methyl sites for hydroxylation is 2. The molecule has 18 heavy (non-hydrogen) atoms. The normalized spacial score (nSPS) is 34.8. The van der Waals surface area contributed by atoms with Gasteiger partial charge in [-0.05, 0) is 37.3 Å². The molecule has 1 aliphatic carbocycles. The molecule has 1 aliphatic heterocycles. The zero-order valence-corrected chi connectivity index (χ0v) is 10.9. The molecule has 98 valence electrons. The van der Waals surface area contributed by atoms with Crippen molar-refractivity contribution in [3.05, 3.63) is 34.9 Å². The summed E-state index contributed by atoms with van der Waals surface area (Å²) < 4.78 is 5.53. The van der Waals surface area contributed by atoms with Gasteiger partial charge in [-0.25, -0.2) is 0 Å². The first kappa shape index (κ1) is 12.2. The molecule has 2 unspecified atom stereocenters. The molecule has 3 heteroatoms. The number of benzene rings is 1. The third-order valence-electron chi connectivity index (χ3n) is 4.84. The maximum absolute atomic E-state index is 11.3. The van der Waals surface area contributed by atoms with Gasteiger partial charge < -0.3 is 15.6 Å². The molecule has 1 aromatic carbocycles.